The van der Waals surface area contributed by atoms with Crippen molar-refractivity contribution in [2.45, 2.75) is 89.0 Å². The summed E-state index contributed by atoms with van der Waals surface area (Å²) in [6, 6.07) is 0. The fraction of sp³-hybridized carbons (Fsp3) is 0.783. The van der Waals surface area contributed by atoms with E-state index in [9.17, 15) is 5.21 Å². The van der Waals surface area contributed by atoms with Gasteiger partial charge in [-0.3, -0.25) is 0 Å². The number of thioether (sulfide) groups is 1. The molecule has 0 aromatic carbocycles. The molecule has 0 radical (unpaired) electrons. The molecule has 0 amide bonds. The Balaban J connectivity index is 1.35. The van der Waals surface area contributed by atoms with E-state index in [-0.39, 0.29) is 9.93 Å². The van der Waals surface area contributed by atoms with E-state index >= 15 is 0 Å². The van der Waals surface area contributed by atoms with Crippen molar-refractivity contribution < 1.29 is 9.38 Å². The first-order chi connectivity index (χ1) is 15.4. The quantitative estimate of drug-likeness (QED) is 0.0900. The van der Waals surface area contributed by atoms with Crippen molar-refractivity contribution in [2.24, 2.45) is 0 Å². The van der Waals surface area contributed by atoms with Crippen molar-refractivity contribution in [1.82, 2.24) is 19.5 Å². The number of quaternary nitrogens is 1. The third kappa shape index (κ3) is 7.55. The minimum atomic E-state index is -0.0447. The second-order valence-electron chi connectivity index (χ2n) is 9.12. The maximum atomic E-state index is 12.5. The number of hydrogen-bond donors (Lipinski definition) is 0. The highest BCUT2D eigenvalue weighted by molar-refractivity contribution is 8.00. The lowest BCUT2D eigenvalue weighted by molar-refractivity contribution is -0.888. The van der Waals surface area contributed by atoms with Crippen LogP contribution in [-0.2, 0) is 11.3 Å². The molecule has 1 aliphatic rings. The van der Waals surface area contributed by atoms with Gasteiger partial charge in [0, 0.05) is 11.8 Å². The maximum absolute atomic E-state index is 12.5. The van der Waals surface area contributed by atoms with Gasteiger partial charge in [-0.1, -0.05) is 46.0 Å². The molecule has 0 atom stereocenters. The number of aromatic nitrogens is 4. The Morgan fingerprint density at radius 2 is 1.62 bits per heavy atom. The highest BCUT2D eigenvalue weighted by Crippen LogP contribution is 2.30. The summed E-state index contributed by atoms with van der Waals surface area (Å²) in [4.78, 5) is 13.4. The first-order valence-electron chi connectivity index (χ1n) is 12.1. The van der Waals surface area contributed by atoms with Crippen LogP contribution < -0.4 is 0 Å². The molecule has 0 unspecified atom stereocenters. The summed E-state index contributed by atoms with van der Waals surface area (Å²) >= 11 is 7.83. The van der Waals surface area contributed by atoms with Crippen molar-refractivity contribution in [3.63, 3.8) is 0 Å². The molecule has 7 nitrogen and oxygen atoms in total. The molecule has 0 bridgehead atoms. The van der Waals surface area contributed by atoms with Crippen molar-refractivity contribution in [3.8, 4) is 0 Å². The molecule has 0 N–H and O–H groups in total. The highest BCUT2D eigenvalue weighted by atomic mass is 35.5. The molecule has 0 saturated carbocycles. The smallest absolute Gasteiger partial charge is 0.225 e. The number of ether oxygens (including phenoxy) is 1. The van der Waals surface area contributed by atoms with Gasteiger partial charge >= 0.3 is 0 Å². The number of nitrogens with zero attached hydrogens (tertiary/aromatic N) is 5. The lowest BCUT2D eigenvalue weighted by Crippen LogP contribution is -2.50. The second kappa shape index (κ2) is 12.5. The molecule has 3 rings (SSSR count). The van der Waals surface area contributed by atoms with E-state index in [0.717, 1.165) is 42.3 Å². The molecule has 2 aromatic heterocycles. The van der Waals surface area contributed by atoms with E-state index < -0.39 is 0 Å². The van der Waals surface area contributed by atoms with E-state index in [4.69, 9.17) is 16.3 Å². The lowest BCUT2D eigenvalue weighted by Gasteiger charge is -2.45. The average molecular weight is 484 g/mol. The zero-order valence-corrected chi connectivity index (χ0v) is 21.4. The number of morpholine rings is 1. The predicted molar refractivity (Wildman–Crippen MR) is 132 cm³/mol. The van der Waals surface area contributed by atoms with Crippen LogP contribution in [0.4, 0.5) is 0 Å². The summed E-state index contributed by atoms with van der Waals surface area (Å²) in [5.74, 6) is 0.973. The van der Waals surface area contributed by atoms with Crippen LogP contribution in [0, 0.1) is 12.1 Å². The van der Waals surface area contributed by atoms with Gasteiger partial charge in [0.25, 0.3) is 0 Å². The third-order valence-corrected chi connectivity index (χ3v) is 7.21. The molecular formula is C23H38ClN5O2S. The number of imidazole rings is 1. The largest absolute Gasteiger partial charge is 0.633 e. The van der Waals surface area contributed by atoms with Gasteiger partial charge in [0.05, 0.1) is 19.8 Å². The molecule has 180 valence electrons. The maximum Gasteiger partial charge on any atom is 0.225 e. The summed E-state index contributed by atoms with van der Waals surface area (Å²) < 4.78 is 7.51. The number of hydrogen-bond acceptors (Lipinski definition) is 6. The minimum Gasteiger partial charge on any atom is -0.633 e. The molecule has 1 saturated heterocycles. The number of aryl methyl sites for hydroxylation is 2. The number of fused-ring (bicyclic) bond motifs is 1. The summed E-state index contributed by atoms with van der Waals surface area (Å²) in [7, 11) is 0. The van der Waals surface area contributed by atoms with Crippen molar-refractivity contribution in [1.29, 1.82) is 0 Å². The van der Waals surface area contributed by atoms with Crippen molar-refractivity contribution >= 4 is 34.5 Å². The van der Waals surface area contributed by atoms with Gasteiger partial charge < -0.3 is 19.2 Å². The molecule has 0 aliphatic carbocycles. The topological polar surface area (TPSA) is 75.9 Å². The fourth-order valence-corrected chi connectivity index (χ4v) is 5.41. The molecular weight excluding hydrogens is 446 g/mol. The number of rotatable bonds is 13. The number of hydroxylamine groups is 3. The van der Waals surface area contributed by atoms with Gasteiger partial charge in [0.2, 0.25) is 5.28 Å². The monoisotopic (exact) mass is 483 g/mol. The van der Waals surface area contributed by atoms with Crippen molar-refractivity contribution in [3.05, 3.63) is 16.3 Å². The Labute approximate surface area is 201 Å². The minimum absolute atomic E-state index is 0.0447. The fourth-order valence-electron chi connectivity index (χ4n) is 4.30. The van der Waals surface area contributed by atoms with Crippen LogP contribution in [0.25, 0.3) is 11.2 Å². The molecule has 3 heterocycles. The SMILES string of the molecule is Cc1nc2nc(Cl)nc(SC(C)C)c2n1CCCCCCCCCC[N+]1([O-])CCOCC1. The Morgan fingerprint density at radius 3 is 2.28 bits per heavy atom. The van der Waals surface area contributed by atoms with E-state index in [2.05, 4.69) is 33.4 Å². The first-order valence-corrected chi connectivity index (χ1v) is 13.4. The van der Waals surface area contributed by atoms with E-state index in [1.165, 1.54) is 38.5 Å². The Kier molecular flexibility index (Phi) is 10.0. The first kappa shape index (κ1) is 25.7. The normalized spacial score (nSPS) is 16.3. The second-order valence-corrected chi connectivity index (χ2v) is 11.0. The summed E-state index contributed by atoms with van der Waals surface area (Å²) in [6.45, 7) is 10.5. The van der Waals surface area contributed by atoms with Gasteiger partial charge in [-0.05, 0) is 37.8 Å². The molecule has 32 heavy (non-hydrogen) atoms. The summed E-state index contributed by atoms with van der Waals surface area (Å²) in [6.07, 6.45) is 9.55. The van der Waals surface area contributed by atoms with Gasteiger partial charge in [-0.2, -0.15) is 4.98 Å². The van der Waals surface area contributed by atoms with Crippen LogP contribution in [-0.4, -0.2) is 62.3 Å². The summed E-state index contributed by atoms with van der Waals surface area (Å²) in [5.41, 5.74) is 1.72. The van der Waals surface area contributed by atoms with Crippen LogP contribution in [0.2, 0.25) is 5.28 Å². The lowest BCUT2D eigenvalue weighted by atomic mass is 10.1. The van der Waals surface area contributed by atoms with Crippen LogP contribution in [0.3, 0.4) is 0 Å². The standard InChI is InChI=1S/C23H38ClN5O2S/c1-18(2)32-22-20-21(26-23(24)27-22)25-19(3)28(20)12-10-8-6-4-5-7-9-11-13-29(30)14-16-31-17-15-29/h18H,4-17H2,1-3H3. The third-order valence-electron chi connectivity index (χ3n) is 6.07. The van der Waals surface area contributed by atoms with Crippen LogP contribution in [0.1, 0.15) is 71.0 Å². The molecule has 1 fully saturated rings. The molecule has 9 heteroatoms. The number of halogens is 1. The van der Waals surface area contributed by atoms with Crippen LogP contribution in [0.5, 0.6) is 0 Å². The van der Waals surface area contributed by atoms with Crippen LogP contribution in [0.15, 0.2) is 5.03 Å². The van der Waals surface area contributed by atoms with Gasteiger partial charge in [-0.25, -0.2) is 9.97 Å². The zero-order chi connectivity index (χ0) is 23.0. The predicted octanol–water partition coefficient (Wildman–Crippen LogP) is 5.75. The molecule has 0 spiro atoms. The zero-order valence-electron chi connectivity index (χ0n) is 19.8. The van der Waals surface area contributed by atoms with Gasteiger partial charge in [0.1, 0.15) is 29.5 Å². The highest BCUT2D eigenvalue weighted by Gasteiger charge is 2.20. The molecule has 1 aliphatic heterocycles. The Morgan fingerprint density at radius 1 is 1.00 bits per heavy atom. The number of unbranched alkanes of at least 4 members (excludes halogenated alkanes) is 7. The summed E-state index contributed by atoms with van der Waals surface area (Å²) in [5, 5.41) is 14.1. The van der Waals surface area contributed by atoms with Gasteiger partial charge in [-0.15, -0.1) is 11.8 Å². The van der Waals surface area contributed by atoms with Crippen LogP contribution >= 0.6 is 23.4 Å². The Hall–Kier alpha value is -0.930. The van der Waals surface area contributed by atoms with Gasteiger partial charge in [0.15, 0.2) is 5.65 Å². The average Bonchev–Trinajstić information content (AvgIpc) is 3.04. The van der Waals surface area contributed by atoms with Crippen molar-refractivity contribution in [2.75, 3.05) is 32.8 Å². The van der Waals surface area contributed by atoms with E-state index in [1.54, 1.807) is 11.8 Å². The van der Waals surface area contributed by atoms with E-state index in [0.29, 0.717) is 37.2 Å². The molecule has 2 aromatic rings. The Bertz CT molecular complexity index is 855. The van der Waals surface area contributed by atoms with E-state index in [1.807, 2.05) is 6.92 Å².